The molecular weight excluding hydrogens is 224 g/mol. The first-order chi connectivity index (χ1) is 8.77. The van der Waals surface area contributed by atoms with E-state index >= 15 is 0 Å². The number of allylic oxidation sites excluding steroid dienone is 4. The molecule has 0 spiro atoms. The van der Waals surface area contributed by atoms with Crippen LogP contribution in [-0.4, -0.2) is 12.6 Å². The molecule has 0 radical (unpaired) electrons. The van der Waals surface area contributed by atoms with Gasteiger partial charge >= 0.3 is 5.97 Å². The first-order valence-corrected chi connectivity index (χ1v) is 7.18. The van der Waals surface area contributed by atoms with Gasteiger partial charge in [-0.15, -0.1) is 0 Å². The van der Waals surface area contributed by atoms with Crippen LogP contribution in [0.25, 0.3) is 0 Å². The largest absolute Gasteiger partial charge is 0.466 e. The minimum atomic E-state index is -0.166. The van der Waals surface area contributed by atoms with Gasteiger partial charge in [-0.2, -0.15) is 0 Å². The van der Waals surface area contributed by atoms with Crippen molar-refractivity contribution < 1.29 is 9.53 Å². The summed E-state index contributed by atoms with van der Waals surface area (Å²) in [6.45, 7) is 4.08. The normalized spacial score (nSPS) is 11.4. The summed E-state index contributed by atoms with van der Waals surface area (Å²) < 4.78 is 4.88. The van der Waals surface area contributed by atoms with E-state index in [2.05, 4.69) is 18.2 Å². The Labute approximate surface area is 112 Å². The van der Waals surface area contributed by atoms with Gasteiger partial charge in [-0.3, -0.25) is 4.79 Å². The summed E-state index contributed by atoms with van der Waals surface area (Å²) in [5, 5.41) is 0. The van der Waals surface area contributed by atoms with Crippen molar-refractivity contribution in [1.29, 1.82) is 0 Å². The molecule has 0 aromatic heterocycles. The van der Waals surface area contributed by atoms with Crippen LogP contribution in [0.15, 0.2) is 24.3 Å². The summed E-state index contributed by atoms with van der Waals surface area (Å²) >= 11 is 0. The molecule has 2 nitrogen and oxygen atoms in total. The number of hydrogen-bond donors (Lipinski definition) is 0. The molecule has 0 aromatic carbocycles. The van der Waals surface area contributed by atoms with Crippen LogP contribution < -0.4 is 0 Å². The lowest BCUT2D eigenvalue weighted by molar-refractivity contribution is -0.141. The molecule has 2 heteroatoms. The predicted octanol–water partition coefficient (Wildman–Crippen LogP) is 4.80. The number of rotatable bonds is 11. The van der Waals surface area contributed by atoms with Crippen LogP contribution in [0.4, 0.5) is 0 Å². The second-order valence-corrected chi connectivity index (χ2v) is 4.56. The molecule has 18 heavy (non-hydrogen) atoms. The van der Waals surface area contributed by atoms with Gasteiger partial charge < -0.3 is 4.74 Å². The molecule has 0 aliphatic heterocycles. The highest BCUT2D eigenvalue weighted by Crippen LogP contribution is 2.09. The number of carbonyl (C=O) groups is 1. The first-order valence-electron chi connectivity index (χ1n) is 7.18. The monoisotopic (exact) mass is 252 g/mol. The van der Waals surface area contributed by atoms with Gasteiger partial charge in [0.15, 0.2) is 0 Å². The lowest BCUT2D eigenvalue weighted by Gasteiger charge is -2.02. The predicted molar refractivity (Wildman–Crippen MR) is 77.5 cm³/mol. The lowest BCUT2D eigenvalue weighted by Crippen LogP contribution is -1.99. The summed E-state index contributed by atoms with van der Waals surface area (Å²) in [6, 6.07) is 0. The van der Waals surface area contributed by atoms with E-state index in [1.54, 1.807) is 0 Å². The molecule has 0 rings (SSSR count). The highest BCUT2D eigenvalue weighted by molar-refractivity contribution is 5.65. The van der Waals surface area contributed by atoms with E-state index in [-0.39, 0.29) is 5.97 Å². The molecule has 104 valence electrons. The highest BCUT2D eigenvalue weighted by atomic mass is 16.5. The van der Waals surface area contributed by atoms with Gasteiger partial charge in [0.2, 0.25) is 0 Å². The number of ether oxygens (including phenoxy) is 1. The summed E-state index contributed by atoms with van der Waals surface area (Å²) in [5.41, 5.74) is 0. The smallest absolute Gasteiger partial charge is 0.302 e. The van der Waals surface area contributed by atoms with Gasteiger partial charge in [0.05, 0.1) is 6.61 Å². The lowest BCUT2D eigenvalue weighted by atomic mass is 10.1. The Kier molecular flexibility index (Phi) is 13.2. The molecule has 0 atom stereocenters. The van der Waals surface area contributed by atoms with E-state index in [4.69, 9.17) is 4.74 Å². The van der Waals surface area contributed by atoms with Crippen molar-refractivity contribution >= 4 is 5.97 Å². The molecule has 0 saturated carbocycles. The molecule has 0 aromatic rings. The van der Waals surface area contributed by atoms with E-state index in [1.807, 2.05) is 13.0 Å². The average Bonchev–Trinajstić information content (AvgIpc) is 2.34. The highest BCUT2D eigenvalue weighted by Gasteiger charge is 1.94. The Bertz CT molecular complexity index is 241. The third-order valence-corrected chi connectivity index (χ3v) is 2.76. The Morgan fingerprint density at radius 2 is 1.56 bits per heavy atom. The molecule has 0 aliphatic rings. The first kappa shape index (κ1) is 16.9. The van der Waals surface area contributed by atoms with Crippen LogP contribution in [0.5, 0.6) is 0 Å². The molecule has 0 aliphatic carbocycles. The number of carbonyl (C=O) groups excluding carboxylic acids is 1. The molecule has 0 heterocycles. The van der Waals surface area contributed by atoms with E-state index in [9.17, 15) is 4.79 Å². The maximum Gasteiger partial charge on any atom is 0.302 e. The molecular formula is C16H28O2. The standard InChI is InChI=1S/C16H28O2/c1-3-4-5-6-7-8-9-10-11-12-13-14-15-18-16(2)17/h3-6H,7-15H2,1-2H3/b4-3-,6-5+. The van der Waals surface area contributed by atoms with Crippen LogP contribution in [0.2, 0.25) is 0 Å². The quantitative estimate of drug-likeness (QED) is 0.300. The second-order valence-electron chi connectivity index (χ2n) is 4.56. The van der Waals surface area contributed by atoms with Crippen molar-refractivity contribution in [2.45, 2.75) is 65.2 Å². The summed E-state index contributed by atoms with van der Waals surface area (Å²) in [4.78, 5) is 10.5. The fraction of sp³-hybridized carbons (Fsp3) is 0.688. The van der Waals surface area contributed by atoms with E-state index in [0.717, 1.165) is 6.42 Å². The van der Waals surface area contributed by atoms with Gasteiger partial charge in [0, 0.05) is 6.92 Å². The average molecular weight is 252 g/mol. The van der Waals surface area contributed by atoms with Crippen LogP contribution in [0.1, 0.15) is 65.2 Å². The van der Waals surface area contributed by atoms with Crippen molar-refractivity contribution in [3.05, 3.63) is 24.3 Å². The third-order valence-electron chi connectivity index (χ3n) is 2.76. The SMILES string of the molecule is C/C=C\C=C\CCCCCCCCCOC(C)=O. The minimum Gasteiger partial charge on any atom is -0.466 e. The number of unbranched alkanes of at least 4 members (excludes halogenated alkanes) is 7. The van der Waals surface area contributed by atoms with E-state index in [0.29, 0.717) is 6.61 Å². The second kappa shape index (κ2) is 14.0. The van der Waals surface area contributed by atoms with Crippen molar-refractivity contribution in [3.8, 4) is 0 Å². The van der Waals surface area contributed by atoms with Crippen molar-refractivity contribution in [3.63, 3.8) is 0 Å². The summed E-state index contributed by atoms with van der Waals surface area (Å²) in [6.07, 6.45) is 18.4. The third kappa shape index (κ3) is 14.9. The van der Waals surface area contributed by atoms with Gasteiger partial charge in [-0.05, 0) is 26.2 Å². The maximum absolute atomic E-state index is 10.5. The fourth-order valence-electron chi connectivity index (χ4n) is 1.75. The molecule has 0 bridgehead atoms. The summed E-state index contributed by atoms with van der Waals surface area (Å²) in [5.74, 6) is -0.166. The Balaban J connectivity index is 3.05. The van der Waals surface area contributed by atoms with Gasteiger partial charge in [-0.1, -0.05) is 56.4 Å². The molecule has 0 N–H and O–H groups in total. The van der Waals surface area contributed by atoms with Crippen LogP contribution in [0, 0.1) is 0 Å². The van der Waals surface area contributed by atoms with Gasteiger partial charge in [-0.25, -0.2) is 0 Å². The van der Waals surface area contributed by atoms with Crippen LogP contribution in [0.3, 0.4) is 0 Å². The Morgan fingerprint density at radius 1 is 0.944 bits per heavy atom. The van der Waals surface area contributed by atoms with E-state index < -0.39 is 0 Å². The maximum atomic E-state index is 10.5. The zero-order valence-electron chi connectivity index (χ0n) is 12.0. The molecule has 0 saturated heterocycles. The number of esters is 1. The van der Waals surface area contributed by atoms with Crippen LogP contribution in [-0.2, 0) is 9.53 Å². The molecule has 0 unspecified atom stereocenters. The zero-order chi connectivity index (χ0) is 13.5. The Hall–Kier alpha value is -1.05. The van der Waals surface area contributed by atoms with Gasteiger partial charge in [0.1, 0.15) is 0 Å². The molecule has 0 amide bonds. The number of hydrogen-bond acceptors (Lipinski definition) is 2. The van der Waals surface area contributed by atoms with Crippen molar-refractivity contribution in [1.82, 2.24) is 0 Å². The van der Waals surface area contributed by atoms with Crippen molar-refractivity contribution in [2.24, 2.45) is 0 Å². The fourth-order valence-corrected chi connectivity index (χ4v) is 1.75. The Morgan fingerprint density at radius 3 is 2.17 bits per heavy atom. The van der Waals surface area contributed by atoms with Gasteiger partial charge in [0.25, 0.3) is 0 Å². The molecule has 0 fully saturated rings. The van der Waals surface area contributed by atoms with E-state index in [1.165, 1.54) is 51.9 Å². The minimum absolute atomic E-state index is 0.166. The van der Waals surface area contributed by atoms with Crippen molar-refractivity contribution in [2.75, 3.05) is 6.61 Å². The zero-order valence-corrected chi connectivity index (χ0v) is 12.0. The topological polar surface area (TPSA) is 26.3 Å². The summed E-state index contributed by atoms with van der Waals surface area (Å²) in [7, 11) is 0. The van der Waals surface area contributed by atoms with Crippen LogP contribution >= 0.6 is 0 Å².